The molecule has 1 aliphatic carbocycles. The molecule has 0 aliphatic heterocycles. The van der Waals surface area contributed by atoms with E-state index in [1.54, 1.807) is 0 Å². The van der Waals surface area contributed by atoms with Crippen LogP contribution in [0.15, 0.2) is 22.7 Å². The SMILES string of the molecule is CCOc1ccc(Br)cc1C(O)CC1CCCCC1. The van der Waals surface area contributed by atoms with E-state index in [0.29, 0.717) is 12.5 Å². The monoisotopic (exact) mass is 326 g/mol. The first-order valence-electron chi connectivity index (χ1n) is 7.31. The summed E-state index contributed by atoms with van der Waals surface area (Å²) in [6.07, 6.45) is 6.94. The van der Waals surface area contributed by atoms with Gasteiger partial charge in [0.15, 0.2) is 0 Å². The smallest absolute Gasteiger partial charge is 0.125 e. The Morgan fingerprint density at radius 3 is 2.74 bits per heavy atom. The van der Waals surface area contributed by atoms with E-state index in [1.165, 1.54) is 32.1 Å². The fraction of sp³-hybridized carbons (Fsp3) is 0.625. The Bertz CT molecular complexity index is 400. The minimum Gasteiger partial charge on any atom is -0.493 e. The zero-order valence-corrected chi connectivity index (χ0v) is 13.2. The number of aliphatic hydroxyl groups excluding tert-OH is 1. The second-order valence-electron chi connectivity index (χ2n) is 5.37. The Balaban J connectivity index is 2.07. The Labute approximate surface area is 124 Å². The van der Waals surface area contributed by atoms with Gasteiger partial charge in [0.2, 0.25) is 0 Å². The quantitative estimate of drug-likeness (QED) is 0.837. The van der Waals surface area contributed by atoms with Gasteiger partial charge >= 0.3 is 0 Å². The minimum atomic E-state index is -0.415. The third-order valence-electron chi connectivity index (χ3n) is 3.91. The number of hydrogen-bond donors (Lipinski definition) is 1. The van der Waals surface area contributed by atoms with Crippen molar-refractivity contribution >= 4 is 15.9 Å². The third-order valence-corrected chi connectivity index (χ3v) is 4.41. The molecule has 1 N–H and O–H groups in total. The van der Waals surface area contributed by atoms with Crippen molar-refractivity contribution in [1.82, 2.24) is 0 Å². The highest BCUT2D eigenvalue weighted by molar-refractivity contribution is 9.10. The summed E-state index contributed by atoms with van der Waals surface area (Å²) in [7, 11) is 0. The molecule has 0 radical (unpaired) electrons. The molecule has 0 aromatic heterocycles. The lowest BCUT2D eigenvalue weighted by Gasteiger charge is -2.25. The fourth-order valence-electron chi connectivity index (χ4n) is 2.93. The molecule has 1 aromatic rings. The van der Waals surface area contributed by atoms with Crippen LogP contribution in [0.2, 0.25) is 0 Å². The van der Waals surface area contributed by atoms with E-state index < -0.39 is 6.10 Å². The van der Waals surface area contributed by atoms with E-state index in [2.05, 4.69) is 15.9 Å². The highest BCUT2D eigenvalue weighted by Gasteiger charge is 2.21. The number of halogens is 1. The largest absolute Gasteiger partial charge is 0.493 e. The maximum Gasteiger partial charge on any atom is 0.125 e. The first-order valence-corrected chi connectivity index (χ1v) is 8.10. The van der Waals surface area contributed by atoms with Gasteiger partial charge in [0.25, 0.3) is 0 Å². The topological polar surface area (TPSA) is 29.5 Å². The Hall–Kier alpha value is -0.540. The van der Waals surface area contributed by atoms with Crippen molar-refractivity contribution in [2.45, 2.75) is 51.6 Å². The molecule has 19 heavy (non-hydrogen) atoms. The molecule has 0 heterocycles. The lowest BCUT2D eigenvalue weighted by molar-refractivity contribution is 0.127. The van der Waals surface area contributed by atoms with E-state index in [0.717, 1.165) is 22.2 Å². The standard InChI is InChI=1S/C16H23BrO2/c1-2-19-16-9-8-13(17)11-14(16)15(18)10-12-6-4-3-5-7-12/h8-9,11-12,15,18H,2-7,10H2,1H3. The van der Waals surface area contributed by atoms with Crippen LogP contribution in [0.1, 0.15) is 57.1 Å². The number of rotatable bonds is 5. The first kappa shape index (κ1) is 14.9. The third kappa shape index (κ3) is 4.22. The molecule has 106 valence electrons. The molecule has 0 bridgehead atoms. The number of benzene rings is 1. The van der Waals surface area contributed by atoms with Gasteiger partial charge in [-0.05, 0) is 37.5 Å². The molecule has 1 saturated carbocycles. The van der Waals surface area contributed by atoms with Gasteiger partial charge in [0.1, 0.15) is 5.75 Å². The van der Waals surface area contributed by atoms with Gasteiger partial charge in [-0.3, -0.25) is 0 Å². The average Bonchev–Trinajstić information content (AvgIpc) is 2.42. The van der Waals surface area contributed by atoms with Crippen LogP contribution < -0.4 is 4.74 Å². The van der Waals surface area contributed by atoms with Crippen molar-refractivity contribution in [3.05, 3.63) is 28.2 Å². The summed E-state index contributed by atoms with van der Waals surface area (Å²) in [5, 5.41) is 10.5. The van der Waals surface area contributed by atoms with Gasteiger partial charge in [-0.25, -0.2) is 0 Å². The summed E-state index contributed by atoms with van der Waals surface area (Å²) in [5.41, 5.74) is 0.918. The molecule has 2 nitrogen and oxygen atoms in total. The molecule has 1 aliphatic rings. The van der Waals surface area contributed by atoms with Crippen LogP contribution in [-0.2, 0) is 0 Å². The van der Waals surface area contributed by atoms with E-state index in [1.807, 2.05) is 25.1 Å². The van der Waals surface area contributed by atoms with Gasteiger partial charge in [-0.15, -0.1) is 0 Å². The molecule has 0 amide bonds. The lowest BCUT2D eigenvalue weighted by atomic mass is 9.84. The Morgan fingerprint density at radius 2 is 2.05 bits per heavy atom. The highest BCUT2D eigenvalue weighted by atomic mass is 79.9. The van der Waals surface area contributed by atoms with Crippen LogP contribution in [0.25, 0.3) is 0 Å². The van der Waals surface area contributed by atoms with E-state index in [-0.39, 0.29) is 0 Å². The van der Waals surface area contributed by atoms with Crippen LogP contribution in [0.5, 0.6) is 5.75 Å². The molecular weight excluding hydrogens is 304 g/mol. The Kier molecular flexibility index (Phi) is 5.71. The van der Waals surface area contributed by atoms with E-state index >= 15 is 0 Å². The van der Waals surface area contributed by atoms with Crippen molar-refractivity contribution in [2.24, 2.45) is 5.92 Å². The zero-order chi connectivity index (χ0) is 13.7. The molecule has 0 spiro atoms. The fourth-order valence-corrected chi connectivity index (χ4v) is 3.31. The lowest BCUT2D eigenvalue weighted by Crippen LogP contribution is -2.12. The van der Waals surface area contributed by atoms with Crippen LogP contribution in [-0.4, -0.2) is 11.7 Å². The molecule has 3 heteroatoms. The van der Waals surface area contributed by atoms with Crippen LogP contribution in [0, 0.1) is 5.92 Å². The zero-order valence-electron chi connectivity index (χ0n) is 11.6. The predicted octanol–water partition coefficient (Wildman–Crippen LogP) is 4.85. The Morgan fingerprint density at radius 1 is 1.32 bits per heavy atom. The average molecular weight is 327 g/mol. The summed E-state index contributed by atoms with van der Waals surface area (Å²) >= 11 is 3.47. The molecular formula is C16H23BrO2. The van der Waals surface area contributed by atoms with E-state index in [4.69, 9.17) is 4.74 Å². The van der Waals surface area contributed by atoms with Gasteiger partial charge < -0.3 is 9.84 Å². The molecule has 2 rings (SSSR count). The van der Waals surface area contributed by atoms with Crippen molar-refractivity contribution in [2.75, 3.05) is 6.61 Å². The second kappa shape index (κ2) is 7.30. The summed E-state index contributed by atoms with van der Waals surface area (Å²) in [6.45, 7) is 2.60. The maximum absolute atomic E-state index is 10.5. The molecule has 1 aromatic carbocycles. The summed E-state index contributed by atoms with van der Waals surface area (Å²) in [6, 6.07) is 5.88. The van der Waals surface area contributed by atoms with Crippen molar-refractivity contribution in [1.29, 1.82) is 0 Å². The summed E-state index contributed by atoms with van der Waals surface area (Å²) in [4.78, 5) is 0. The van der Waals surface area contributed by atoms with Gasteiger partial charge in [0.05, 0.1) is 12.7 Å². The maximum atomic E-state index is 10.5. The summed E-state index contributed by atoms with van der Waals surface area (Å²) in [5.74, 6) is 1.48. The molecule has 1 fully saturated rings. The highest BCUT2D eigenvalue weighted by Crippen LogP contribution is 2.36. The van der Waals surface area contributed by atoms with Crippen LogP contribution in [0.3, 0.4) is 0 Å². The van der Waals surface area contributed by atoms with Gasteiger partial charge in [0, 0.05) is 10.0 Å². The predicted molar refractivity (Wildman–Crippen MR) is 81.5 cm³/mol. The number of hydrogen-bond acceptors (Lipinski definition) is 2. The van der Waals surface area contributed by atoms with Gasteiger partial charge in [-0.2, -0.15) is 0 Å². The van der Waals surface area contributed by atoms with Crippen molar-refractivity contribution < 1.29 is 9.84 Å². The van der Waals surface area contributed by atoms with Crippen LogP contribution >= 0.6 is 15.9 Å². The number of aliphatic hydroxyl groups is 1. The molecule has 1 atom stereocenters. The molecule has 0 saturated heterocycles. The normalized spacial score (nSPS) is 18.3. The number of ether oxygens (including phenoxy) is 1. The minimum absolute atomic E-state index is 0.415. The summed E-state index contributed by atoms with van der Waals surface area (Å²) < 4.78 is 6.62. The second-order valence-corrected chi connectivity index (χ2v) is 6.29. The van der Waals surface area contributed by atoms with Crippen LogP contribution in [0.4, 0.5) is 0 Å². The van der Waals surface area contributed by atoms with E-state index in [9.17, 15) is 5.11 Å². The van der Waals surface area contributed by atoms with Crippen molar-refractivity contribution in [3.63, 3.8) is 0 Å². The first-order chi connectivity index (χ1) is 9.20. The van der Waals surface area contributed by atoms with Gasteiger partial charge in [-0.1, -0.05) is 48.0 Å². The molecule has 1 unspecified atom stereocenters. The van der Waals surface area contributed by atoms with Crippen molar-refractivity contribution in [3.8, 4) is 5.75 Å².